The zero-order chi connectivity index (χ0) is 12.5. The lowest BCUT2D eigenvalue weighted by Crippen LogP contribution is -1.99. The van der Waals surface area contributed by atoms with E-state index < -0.39 is 0 Å². The monoisotopic (exact) mass is 342 g/mol. The Morgan fingerprint density at radius 2 is 2.22 bits per heavy atom. The van der Waals surface area contributed by atoms with Gasteiger partial charge in [-0.25, -0.2) is 4.52 Å². The van der Waals surface area contributed by atoms with E-state index in [1.165, 1.54) is 0 Å². The average molecular weight is 344 g/mol. The van der Waals surface area contributed by atoms with Gasteiger partial charge in [0.2, 0.25) is 5.95 Å². The largest absolute Gasteiger partial charge is 0.348 e. The molecule has 0 radical (unpaired) electrons. The summed E-state index contributed by atoms with van der Waals surface area (Å²) in [6.45, 7) is 0.676. The molecular weight excluding hydrogens is 336 g/mol. The molecule has 4 nitrogen and oxygen atoms in total. The zero-order valence-electron chi connectivity index (χ0n) is 9.10. The normalized spacial score (nSPS) is 11.0. The quantitative estimate of drug-likeness (QED) is 0.786. The highest BCUT2D eigenvalue weighted by Gasteiger charge is 2.04. The van der Waals surface area contributed by atoms with Gasteiger partial charge in [-0.15, -0.1) is 16.4 Å². The Kier molecular flexibility index (Phi) is 3.23. The number of halogens is 2. The lowest BCUT2D eigenvalue weighted by molar-refractivity contribution is 0.948. The SMILES string of the molecule is Clc1ccc(CNc2nc3ccc(Br)cn3n2)s1. The van der Waals surface area contributed by atoms with Crippen molar-refractivity contribution in [1.82, 2.24) is 14.6 Å². The third-order valence-corrected chi connectivity index (χ3v) is 4.04. The standard InChI is InChI=1S/C11H8BrClN4S/c12-7-1-4-10-15-11(16-17(10)6-7)14-5-8-2-3-9(13)18-8/h1-4,6H,5H2,(H,14,16). The number of nitrogens with zero attached hydrogens (tertiary/aromatic N) is 3. The molecule has 0 unspecified atom stereocenters. The first-order valence-electron chi connectivity index (χ1n) is 5.21. The summed E-state index contributed by atoms with van der Waals surface area (Å²) in [5, 5.41) is 7.51. The number of hydrogen-bond acceptors (Lipinski definition) is 4. The molecule has 18 heavy (non-hydrogen) atoms. The first kappa shape index (κ1) is 12.0. The van der Waals surface area contributed by atoms with Crippen LogP contribution in [0.3, 0.4) is 0 Å². The Labute approximate surface area is 121 Å². The lowest BCUT2D eigenvalue weighted by Gasteiger charge is -1.97. The van der Waals surface area contributed by atoms with Crippen LogP contribution in [0.1, 0.15) is 4.88 Å². The van der Waals surface area contributed by atoms with Gasteiger partial charge in [0.15, 0.2) is 5.65 Å². The lowest BCUT2D eigenvalue weighted by atomic mass is 10.5. The number of fused-ring (bicyclic) bond motifs is 1. The minimum atomic E-state index is 0.609. The zero-order valence-corrected chi connectivity index (χ0v) is 12.3. The van der Waals surface area contributed by atoms with Crippen LogP contribution in [0.15, 0.2) is 34.9 Å². The van der Waals surface area contributed by atoms with Crippen molar-refractivity contribution in [3.05, 3.63) is 44.1 Å². The molecule has 0 aliphatic heterocycles. The molecule has 0 saturated heterocycles. The van der Waals surface area contributed by atoms with Crippen molar-refractivity contribution in [2.45, 2.75) is 6.54 Å². The van der Waals surface area contributed by atoms with E-state index in [4.69, 9.17) is 11.6 Å². The van der Waals surface area contributed by atoms with E-state index in [1.807, 2.05) is 30.5 Å². The number of rotatable bonds is 3. The van der Waals surface area contributed by atoms with Gasteiger partial charge in [-0.2, -0.15) is 4.98 Å². The molecule has 0 aromatic carbocycles. The van der Waals surface area contributed by atoms with E-state index in [-0.39, 0.29) is 0 Å². The van der Waals surface area contributed by atoms with Crippen LogP contribution in [0, 0.1) is 0 Å². The van der Waals surface area contributed by atoms with Crippen molar-refractivity contribution in [3.63, 3.8) is 0 Å². The van der Waals surface area contributed by atoms with Crippen molar-refractivity contribution in [1.29, 1.82) is 0 Å². The number of nitrogens with one attached hydrogen (secondary N) is 1. The second-order valence-corrected chi connectivity index (χ2v) is 6.36. The van der Waals surface area contributed by atoms with E-state index in [1.54, 1.807) is 15.9 Å². The van der Waals surface area contributed by atoms with Crippen molar-refractivity contribution >= 4 is 50.5 Å². The highest BCUT2D eigenvalue weighted by Crippen LogP contribution is 2.22. The third-order valence-electron chi connectivity index (χ3n) is 2.34. The highest BCUT2D eigenvalue weighted by atomic mass is 79.9. The fourth-order valence-corrected chi connectivity index (χ4v) is 2.90. The van der Waals surface area contributed by atoms with E-state index in [0.717, 1.165) is 19.3 Å². The first-order valence-corrected chi connectivity index (χ1v) is 7.19. The Bertz CT molecular complexity index is 693. The molecule has 3 rings (SSSR count). The molecule has 0 saturated carbocycles. The number of thiophene rings is 1. The van der Waals surface area contributed by atoms with Crippen LogP contribution in [-0.4, -0.2) is 14.6 Å². The molecule has 0 aliphatic rings. The molecule has 3 heterocycles. The molecule has 1 N–H and O–H groups in total. The summed E-state index contributed by atoms with van der Waals surface area (Å²) in [5.41, 5.74) is 0.810. The highest BCUT2D eigenvalue weighted by molar-refractivity contribution is 9.10. The smallest absolute Gasteiger partial charge is 0.243 e. The molecule has 0 aliphatic carbocycles. The second-order valence-electron chi connectivity index (χ2n) is 3.64. The van der Waals surface area contributed by atoms with Crippen molar-refractivity contribution in [3.8, 4) is 0 Å². The average Bonchev–Trinajstić information content (AvgIpc) is 2.92. The molecule has 0 spiro atoms. The summed E-state index contributed by atoms with van der Waals surface area (Å²) >= 11 is 10.8. The maximum atomic E-state index is 5.87. The van der Waals surface area contributed by atoms with Gasteiger partial charge in [-0.1, -0.05) is 11.6 Å². The summed E-state index contributed by atoms with van der Waals surface area (Å²) in [5.74, 6) is 0.609. The number of anilines is 1. The molecule has 3 aromatic rings. The van der Waals surface area contributed by atoms with Crippen LogP contribution in [0.25, 0.3) is 5.65 Å². The number of hydrogen-bond donors (Lipinski definition) is 1. The molecule has 0 amide bonds. The molecule has 7 heteroatoms. The molecular formula is C11H8BrClN4S. The fraction of sp³-hybridized carbons (Fsp3) is 0.0909. The topological polar surface area (TPSA) is 42.2 Å². The summed E-state index contributed by atoms with van der Waals surface area (Å²) in [6.07, 6.45) is 1.87. The van der Waals surface area contributed by atoms with Crippen molar-refractivity contribution in [2.75, 3.05) is 5.32 Å². The van der Waals surface area contributed by atoms with E-state index in [2.05, 4.69) is 31.3 Å². The predicted molar refractivity (Wildman–Crippen MR) is 77.3 cm³/mol. The van der Waals surface area contributed by atoms with Gasteiger partial charge in [-0.3, -0.25) is 0 Å². The van der Waals surface area contributed by atoms with Crippen molar-refractivity contribution < 1.29 is 0 Å². The minimum absolute atomic E-state index is 0.609. The summed E-state index contributed by atoms with van der Waals surface area (Å²) in [7, 11) is 0. The van der Waals surface area contributed by atoms with Crippen LogP contribution in [0.5, 0.6) is 0 Å². The van der Waals surface area contributed by atoms with Crippen LogP contribution in [-0.2, 0) is 6.54 Å². The molecule has 92 valence electrons. The van der Waals surface area contributed by atoms with E-state index in [0.29, 0.717) is 12.5 Å². The van der Waals surface area contributed by atoms with Gasteiger partial charge in [0.1, 0.15) is 0 Å². The van der Waals surface area contributed by atoms with E-state index in [9.17, 15) is 0 Å². The Morgan fingerprint density at radius 1 is 1.33 bits per heavy atom. The van der Waals surface area contributed by atoms with Crippen LogP contribution in [0.2, 0.25) is 4.34 Å². The van der Waals surface area contributed by atoms with Crippen LogP contribution in [0.4, 0.5) is 5.95 Å². The van der Waals surface area contributed by atoms with Gasteiger partial charge in [0.05, 0.1) is 10.9 Å². The maximum Gasteiger partial charge on any atom is 0.243 e. The Morgan fingerprint density at radius 3 is 3.00 bits per heavy atom. The van der Waals surface area contributed by atoms with Crippen molar-refractivity contribution in [2.24, 2.45) is 0 Å². The molecule has 0 bridgehead atoms. The summed E-state index contributed by atoms with van der Waals surface area (Å²) < 4.78 is 3.49. The van der Waals surface area contributed by atoms with Gasteiger partial charge in [-0.05, 0) is 40.2 Å². The molecule has 0 atom stereocenters. The maximum absolute atomic E-state index is 5.87. The van der Waals surface area contributed by atoms with Gasteiger partial charge in [0, 0.05) is 15.5 Å². The van der Waals surface area contributed by atoms with Crippen LogP contribution < -0.4 is 5.32 Å². The van der Waals surface area contributed by atoms with Gasteiger partial charge in [0.25, 0.3) is 0 Å². The Hall–Kier alpha value is -1.11. The third kappa shape index (κ3) is 2.50. The number of aromatic nitrogens is 3. The Balaban J connectivity index is 1.78. The minimum Gasteiger partial charge on any atom is -0.348 e. The molecule has 3 aromatic heterocycles. The molecule has 0 fully saturated rings. The predicted octanol–water partition coefficient (Wildman–Crippen LogP) is 3.82. The first-order chi connectivity index (χ1) is 8.70. The number of pyridine rings is 1. The summed E-state index contributed by atoms with van der Waals surface area (Å²) in [6, 6.07) is 7.72. The summed E-state index contributed by atoms with van der Waals surface area (Å²) in [4.78, 5) is 5.52. The van der Waals surface area contributed by atoms with Gasteiger partial charge >= 0.3 is 0 Å². The second kappa shape index (κ2) is 4.87. The van der Waals surface area contributed by atoms with Gasteiger partial charge < -0.3 is 5.32 Å². The van der Waals surface area contributed by atoms with E-state index >= 15 is 0 Å². The van der Waals surface area contributed by atoms with Crippen LogP contribution >= 0.6 is 38.9 Å². The fourth-order valence-electron chi connectivity index (χ4n) is 1.55.